The van der Waals surface area contributed by atoms with Gasteiger partial charge in [-0.2, -0.15) is 0 Å². The Morgan fingerprint density at radius 1 is 1.29 bits per heavy atom. The molecule has 0 aliphatic heterocycles. The van der Waals surface area contributed by atoms with Gasteiger partial charge in [-0.25, -0.2) is 13.1 Å². The summed E-state index contributed by atoms with van der Waals surface area (Å²) in [5.74, 6) is 0.474. The zero-order chi connectivity index (χ0) is 15.3. The number of nitrogens with one attached hydrogen (secondary N) is 2. The molecule has 0 amide bonds. The zero-order valence-corrected chi connectivity index (χ0v) is 14.5. The first kappa shape index (κ1) is 15.5. The average molecular weight is 329 g/mol. The molecule has 4 nitrogen and oxygen atoms in total. The minimum Gasteiger partial charge on any atom is -0.309 e. The van der Waals surface area contributed by atoms with E-state index in [1.54, 1.807) is 11.3 Å². The van der Waals surface area contributed by atoms with Crippen LogP contribution in [0.25, 0.3) is 0 Å². The van der Waals surface area contributed by atoms with E-state index in [4.69, 9.17) is 0 Å². The quantitative estimate of drug-likeness (QED) is 0.809. The van der Waals surface area contributed by atoms with Crippen LogP contribution < -0.4 is 10.0 Å². The van der Waals surface area contributed by atoms with Crippen molar-refractivity contribution < 1.29 is 8.42 Å². The number of hydrogen-bond donors (Lipinski definition) is 2. The molecule has 0 bridgehead atoms. The highest BCUT2D eigenvalue weighted by atomic mass is 32.2. The molecule has 0 aromatic carbocycles. The smallest absolute Gasteiger partial charge is 0.242 e. The molecule has 2 aliphatic carbocycles. The van der Waals surface area contributed by atoms with Gasteiger partial charge in [-0.15, -0.1) is 11.3 Å². The molecule has 3 rings (SSSR count). The molecule has 2 saturated carbocycles. The molecular formula is C15H24N2O2S2. The summed E-state index contributed by atoms with van der Waals surface area (Å²) in [6, 6.07) is 2.47. The number of sulfonamides is 1. The summed E-state index contributed by atoms with van der Waals surface area (Å²) >= 11 is 1.58. The Morgan fingerprint density at radius 2 is 1.95 bits per heavy atom. The van der Waals surface area contributed by atoms with E-state index in [1.807, 2.05) is 26.8 Å². The maximum atomic E-state index is 12.6. The largest absolute Gasteiger partial charge is 0.309 e. The van der Waals surface area contributed by atoms with Crippen LogP contribution in [0, 0.1) is 12.8 Å². The summed E-state index contributed by atoms with van der Waals surface area (Å²) in [4.78, 5) is 2.43. The molecule has 0 radical (unpaired) electrons. The lowest BCUT2D eigenvalue weighted by Gasteiger charge is -2.25. The maximum absolute atomic E-state index is 12.6. The first-order valence-electron chi connectivity index (χ1n) is 7.64. The van der Waals surface area contributed by atoms with Gasteiger partial charge in [-0.1, -0.05) is 0 Å². The van der Waals surface area contributed by atoms with Crippen molar-refractivity contribution in [3.63, 3.8) is 0 Å². The van der Waals surface area contributed by atoms with Crippen LogP contribution >= 0.6 is 11.3 Å². The van der Waals surface area contributed by atoms with Gasteiger partial charge in [0.15, 0.2) is 0 Å². The molecule has 2 N–H and O–H groups in total. The van der Waals surface area contributed by atoms with Crippen LogP contribution in [0.15, 0.2) is 11.0 Å². The Labute approximate surface area is 131 Å². The van der Waals surface area contributed by atoms with Crippen molar-refractivity contribution in [3.8, 4) is 0 Å². The fraction of sp³-hybridized carbons (Fsp3) is 0.733. The van der Waals surface area contributed by atoms with Crippen molar-refractivity contribution >= 4 is 21.4 Å². The summed E-state index contributed by atoms with van der Waals surface area (Å²) in [7, 11) is -3.42. The van der Waals surface area contributed by atoms with Crippen LogP contribution in [0.1, 0.15) is 49.3 Å². The van der Waals surface area contributed by atoms with Gasteiger partial charge in [0.2, 0.25) is 10.0 Å². The zero-order valence-electron chi connectivity index (χ0n) is 12.9. The maximum Gasteiger partial charge on any atom is 0.242 e. The van der Waals surface area contributed by atoms with E-state index < -0.39 is 10.0 Å². The van der Waals surface area contributed by atoms with E-state index in [9.17, 15) is 8.42 Å². The predicted octanol–water partition coefficient (Wildman–Crippen LogP) is 2.78. The van der Waals surface area contributed by atoms with E-state index >= 15 is 0 Å². The van der Waals surface area contributed by atoms with Gasteiger partial charge >= 0.3 is 0 Å². The lowest BCUT2D eigenvalue weighted by atomic mass is 10.0. The van der Waals surface area contributed by atoms with Crippen molar-refractivity contribution in [3.05, 3.63) is 15.8 Å². The fourth-order valence-corrected chi connectivity index (χ4v) is 5.76. The highest BCUT2D eigenvalue weighted by molar-refractivity contribution is 7.89. The highest BCUT2D eigenvalue weighted by Crippen LogP contribution is 2.40. The van der Waals surface area contributed by atoms with E-state index in [2.05, 4.69) is 10.0 Å². The van der Waals surface area contributed by atoms with Crippen molar-refractivity contribution in [2.75, 3.05) is 0 Å². The predicted molar refractivity (Wildman–Crippen MR) is 86.0 cm³/mol. The summed E-state index contributed by atoms with van der Waals surface area (Å²) in [6.45, 7) is 6.64. The summed E-state index contributed by atoms with van der Waals surface area (Å²) in [5.41, 5.74) is -0.348. The monoisotopic (exact) mass is 328 g/mol. The molecule has 6 heteroatoms. The molecule has 118 valence electrons. The molecule has 0 atom stereocenters. The second kappa shape index (κ2) is 5.33. The van der Waals surface area contributed by atoms with Gasteiger partial charge in [-0.05, 0) is 58.4 Å². The van der Waals surface area contributed by atoms with Crippen molar-refractivity contribution in [2.24, 2.45) is 5.92 Å². The third-order valence-electron chi connectivity index (χ3n) is 4.35. The second-order valence-corrected chi connectivity index (χ2v) is 9.88. The Bertz CT molecular complexity index is 626. The van der Waals surface area contributed by atoms with Crippen molar-refractivity contribution in [2.45, 2.75) is 69.5 Å². The van der Waals surface area contributed by atoms with Gasteiger partial charge < -0.3 is 5.32 Å². The average Bonchev–Trinajstić information content (AvgIpc) is 3.23. The number of aryl methyl sites for hydroxylation is 1. The molecule has 1 aromatic rings. The van der Waals surface area contributed by atoms with Gasteiger partial charge in [0, 0.05) is 27.9 Å². The molecule has 0 unspecified atom stereocenters. The van der Waals surface area contributed by atoms with E-state index in [0.717, 1.165) is 29.1 Å². The normalized spacial score (nSPS) is 20.0. The van der Waals surface area contributed by atoms with Crippen LogP contribution in [0.4, 0.5) is 0 Å². The van der Waals surface area contributed by atoms with Gasteiger partial charge in [-0.3, -0.25) is 0 Å². The van der Waals surface area contributed by atoms with Crippen LogP contribution in [0.5, 0.6) is 0 Å². The number of thiophene rings is 1. The number of rotatable bonds is 7. The van der Waals surface area contributed by atoms with Gasteiger partial charge in [0.1, 0.15) is 0 Å². The standard InChI is InChI=1S/C15H24N2O2S2/c1-10-14(8-13(20-10)9-16-12-6-7-12)21(18,19)17-15(2,3)11-4-5-11/h8,11-12,16-17H,4-7,9H2,1-3H3. The minimum atomic E-state index is -3.42. The number of hydrogen-bond acceptors (Lipinski definition) is 4. The lowest BCUT2D eigenvalue weighted by Crippen LogP contribution is -2.45. The topological polar surface area (TPSA) is 58.2 Å². The molecule has 1 aromatic heterocycles. The summed E-state index contributed by atoms with van der Waals surface area (Å²) < 4.78 is 28.2. The molecule has 2 aliphatic rings. The van der Waals surface area contributed by atoms with Crippen LogP contribution in [-0.2, 0) is 16.6 Å². The minimum absolute atomic E-state index is 0.348. The molecule has 0 saturated heterocycles. The Kier molecular flexibility index (Phi) is 3.93. The summed E-state index contributed by atoms with van der Waals surface area (Å²) in [5, 5.41) is 3.44. The lowest BCUT2D eigenvalue weighted by molar-refractivity contribution is 0.400. The Hall–Kier alpha value is -0.430. The first-order valence-corrected chi connectivity index (χ1v) is 9.94. The Balaban J connectivity index is 1.74. The summed E-state index contributed by atoms with van der Waals surface area (Å²) in [6.07, 6.45) is 4.72. The third-order valence-corrected chi connectivity index (χ3v) is 7.33. The molecule has 2 fully saturated rings. The van der Waals surface area contributed by atoms with Gasteiger partial charge in [0.25, 0.3) is 0 Å². The van der Waals surface area contributed by atoms with Gasteiger partial charge in [0.05, 0.1) is 4.90 Å². The van der Waals surface area contributed by atoms with Crippen molar-refractivity contribution in [1.29, 1.82) is 0 Å². The van der Waals surface area contributed by atoms with E-state index in [0.29, 0.717) is 16.9 Å². The molecule has 0 spiro atoms. The second-order valence-electron chi connectivity index (χ2n) is 6.89. The van der Waals surface area contributed by atoms with Crippen LogP contribution in [-0.4, -0.2) is 20.0 Å². The molecule has 21 heavy (non-hydrogen) atoms. The highest BCUT2D eigenvalue weighted by Gasteiger charge is 2.41. The fourth-order valence-electron chi connectivity index (χ4n) is 2.70. The van der Waals surface area contributed by atoms with E-state index in [-0.39, 0.29) is 5.54 Å². The van der Waals surface area contributed by atoms with E-state index in [1.165, 1.54) is 12.8 Å². The third kappa shape index (κ3) is 3.67. The first-order chi connectivity index (χ1) is 9.78. The Morgan fingerprint density at radius 3 is 2.52 bits per heavy atom. The van der Waals surface area contributed by atoms with Crippen LogP contribution in [0.3, 0.4) is 0 Å². The molecule has 1 heterocycles. The SMILES string of the molecule is Cc1sc(CNC2CC2)cc1S(=O)(=O)NC(C)(C)C1CC1. The van der Waals surface area contributed by atoms with Crippen molar-refractivity contribution in [1.82, 2.24) is 10.0 Å². The molecular weight excluding hydrogens is 304 g/mol. The van der Waals surface area contributed by atoms with Crippen LogP contribution in [0.2, 0.25) is 0 Å².